The van der Waals surface area contributed by atoms with E-state index in [2.05, 4.69) is 20.4 Å². The first-order valence-electron chi connectivity index (χ1n) is 13.5. The molecular weight excluding hydrogens is 672 g/mol. The van der Waals surface area contributed by atoms with Gasteiger partial charge in [0, 0.05) is 16.7 Å². The molecule has 48 heavy (non-hydrogen) atoms. The number of nitrogens with zero attached hydrogens (tertiary/aromatic N) is 5. The van der Waals surface area contributed by atoms with Gasteiger partial charge in [-0.25, -0.2) is 14.3 Å². The van der Waals surface area contributed by atoms with E-state index < -0.39 is 58.5 Å². The van der Waals surface area contributed by atoms with Gasteiger partial charge in [-0.1, -0.05) is 28.4 Å². The van der Waals surface area contributed by atoms with Crippen molar-refractivity contribution in [2.45, 2.75) is 24.1 Å². The van der Waals surface area contributed by atoms with Gasteiger partial charge in [-0.05, 0) is 17.7 Å². The fraction of sp³-hybridized carbons (Fsp3) is 0.185. The number of carbonyl (C=O) groups excluding carboxylic acids is 3. The minimum atomic E-state index is -1.84. The molecule has 1 aromatic carbocycles. The highest BCUT2D eigenvalue weighted by molar-refractivity contribution is 8.00. The second kappa shape index (κ2) is 13.3. The van der Waals surface area contributed by atoms with Gasteiger partial charge in [0.05, 0.1) is 18.2 Å². The number of allylic oxidation sites excluding steroid dienone is 2. The summed E-state index contributed by atoms with van der Waals surface area (Å²) in [5.41, 5.74) is 22.3. The molecule has 2 aromatic heterocycles. The quantitative estimate of drug-likeness (QED) is 0.0345. The van der Waals surface area contributed by atoms with E-state index in [1.807, 2.05) is 0 Å². The number of thiazole rings is 1. The number of fused-ring (bicyclic) bond motifs is 1. The number of hydrogen-bond acceptors (Lipinski definition) is 17. The summed E-state index contributed by atoms with van der Waals surface area (Å²) >= 11 is 2.11. The molecule has 4 heterocycles. The number of phenols is 2. The van der Waals surface area contributed by atoms with E-state index in [0.29, 0.717) is 0 Å². The Labute approximate surface area is 277 Å². The SMILES string of the molecule is Nc1nc(/C(=N/OC(C(=O)O)c2ccc(O)c(O)c2)C(=O)NC2C(=O)N3C(C(=O)[O-])=C(/C=C/C[n+]4cnc(N)c(N)c4N)CSC23)cs1. The molecular formula is C27H26N10O9S2. The first-order chi connectivity index (χ1) is 22.8. The van der Waals surface area contributed by atoms with Gasteiger partial charge in [-0.3, -0.25) is 14.5 Å². The zero-order valence-electron chi connectivity index (χ0n) is 24.3. The van der Waals surface area contributed by atoms with Crippen molar-refractivity contribution < 1.29 is 49.0 Å². The number of carboxylic acid groups (broad SMARTS) is 2. The predicted octanol–water partition coefficient (Wildman–Crippen LogP) is -2.23. The lowest BCUT2D eigenvalue weighted by molar-refractivity contribution is -0.674. The van der Waals surface area contributed by atoms with Gasteiger partial charge in [0.1, 0.15) is 17.1 Å². The third kappa shape index (κ3) is 6.43. The van der Waals surface area contributed by atoms with Crippen LogP contribution in [0.25, 0.3) is 0 Å². The van der Waals surface area contributed by atoms with Gasteiger partial charge in [-0.15, -0.1) is 23.1 Å². The molecule has 5 rings (SSSR count). The van der Waals surface area contributed by atoms with E-state index in [9.17, 15) is 39.6 Å². The second-order valence-electron chi connectivity index (χ2n) is 10.1. The van der Waals surface area contributed by atoms with E-state index in [4.69, 9.17) is 27.8 Å². The summed E-state index contributed by atoms with van der Waals surface area (Å²) in [6.07, 6.45) is 2.60. The summed E-state index contributed by atoms with van der Waals surface area (Å²) in [4.78, 5) is 64.9. The number of amides is 2. The van der Waals surface area contributed by atoms with Crippen LogP contribution in [0.1, 0.15) is 17.4 Å². The van der Waals surface area contributed by atoms with E-state index in [1.54, 1.807) is 6.08 Å². The van der Waals surface area contributed by atoms with Crippen molar-refractivity contribution in [2.75, 3.05) is 28.7 Å². The van der Waals surface area contributed by atoms with Crippen LogP contribution >= 0.6 is 23.1 Å². The Hall–Kier alpha value is -6.09. The smallest absolute Gasteiger partial charge is 0.352 e. The largest absolute Gasteiger partial charge is 0.543 e. The summed E-state index contributed by atoms with van der Waals surface area (Å²) in [7, 11) is 0. The molecule has 21 heteroatoms. The van der Waals surface area contributed by atoms with Gasteiger partial charge in [0.2, 0.25) is 24.1 Å². The summed E-state index contributed by atoms with van der Waals surface area (Å²) in [5.74, 6) is -5.72. The lowest BCUT2D eigenvalue weighted by Crippen LogP contribution is -2.71. The molecule has 3 aromatic rings. The first kappa shape index (κ1) is 33.3. The molecule has 250 valence electrons. The van der Waals surface area contributed by atoms with Crippen molar-refractivity contribution >= 4 is 75.0 Å². The van der Waals surface area contributed by atoms with Crippen LogP contribution in [0.2, 0.25) is 0 Å². The molecule has 2 aliphatic rings. The Morgan fingerprint density at radius 2 is 1.98 bits per heavy atom. The number of aromatic hydroxyl groups is 2. The standard InChI is InChI=1S/C27H26N10O9S2/c28-15-20(29)32-9-36(21(15)30)5-1-2-11-7-47-24-17(23(41)37(24)18(11)25(42)43)34-22(40)16(12-8-48-27(31)33-12)35-46-19(26(44)45)10-3-4-13(38)14(39)6-10/h1-4,6,8-9,17,19,24H,5,7H2,(H12,28,29,30,31,33,34,35,38,39,40,42,43,44,45)/b2-1+. The van der Waals surface area contributed by atoms with Crippen molar-refractivity contribution in [3.05, 3.63) is 64.6 Å². The number of carboxylic acids is 2. The van der Waals surface area contributed by atoms with Crippen molar-refractivity contribution in [2.24, 2.45) is 5.16 Å². The first-order valence-corrected chi connectivity index (χ1v) is 15.5. The number of carbonyl (C=O) groups is 4. The lowest BCUT2D eigenvalue weighted by atomic mass is 10.0. The maximum atomic E-state index is 13.4. The average molecular weight is 699 g/mol. The van der Waals surface area contributed by atoms with Crippen LogP contribution in [0.3, 0.4) is 0 Å². The van der Waals surface area contributed by atoms with Gasteiger partial charge in [-0.2, -0.15) is 0 Å². The number of aromatic nitrogens is 3. The van der Waals surface area contributed by atoms with Gasteiger partial charge >= 0.3 is 5.97 Å². The highest BCUT2D eigenvalue weighted by atomic mass is 32.2. The van der Waals surface area contributed by atoms with Gasteiger partial charge < -0.3 is 58.3 Å². The van der Waals surface area contributed by atoms with Crippen molar-refractivity contribution in [1.82, 2.24) is 20.2 Å². The van der Waals surface area contributed by atoms with Crippen LogP contribution in [0.15, 0.2) is 58.5 Å². The number of nitrogens with one attached hydrogen (secondary N) is 1. The average Bonchev–Trinajstić information content (AvgIpc) is 3.48. The third-order valence-corrected chi connectivity index (χ3v) is 9.03. The molecule has 0 bridgehead atoms. The van der Waals surface area contributed by atoms with Crippen LogP contribution in [0.5, 0.6) is 11.5 Å². The van der Waals surface area contributed by atoms with E-state index in [0.717, 1.165) is 34.4 Å². The highest BCUT2D eigenvalue weighted by Crippen LogP contribution is 2.40. The summed E-state index contributed by atoms with van der Waals surface area (Å²) in [6.45, 7) is 0.149. The topological polar surface area (TPSA) is 323 Å². The monoisotopic (exact) mass is 698 g/mol. The number of β-lactam (4-membered cyclic amide) rings is 1. The number of phenolic OH excluding ortho intramolecular Hbond substituents is 2. The number of anilines is 4. The normalized spacial score (nSPS) is 18.3. The molecule has 0 spiro atoms. The molecule has 0 aliphatic carbocycles. The number of aliphatic carboxylic acids is 2. The van der Waals surface area contributed by atoms with Crippen molar-refractivity contribution in [3.8, 4) is 11.5 Å². The molecule has 19 nitrogen and oxygen atoms in total. The van der Waals surface area contributed by atoms with Crippen molar-refractivity contribution in [3.63, 3.8) is 0 Å². The van der Waals surface area contributed by atoms with Crippen LogP contribution in [0.4, 0.5) is 22.5 Å². The van der Waals surface area contributed by atoms with E-state index >= 15 is 0 Å². The minimum Gasteiger partial charge on any atom is -0.543 e. The van der Waals surface area contributed by atoms with Crippen LogP contribution < -0.4 is 37.9 Å². The molecule has 3 unspecified atom stereocenters. The van der Waals surface area contributed by atoms with E-state index in [1.165, 1.54) is 34.1 Å². The molecule has 1 saturated heterocycles. The van der Waals surface area contributed by atoms with E-state index in [-0.39, 0.29) is 57.3 Å². The molecule has 2 aliphatic heterocycles. The minimum absolute atomic E-state index is 0.0407. The lowest BCUT2D eigenvalue weighted by Gasteiger charge is -2.50. The maximum absolute atomic E-state index is 13.4. The Morgan fingerprint density at radius 3 is 2.62 bits per heavy atom. The Morgan fingerprint density at radius 1 is 1.23 bits per heavy atom. The van der Waals surface area contributed by atoms with Crippen LogP contribution in [-0.4, -0.2) is 76.8 Å². The van der Waals surface area contributed by atoms with Gasteiger partial charge in [0.15, 0.2) is 28.0 Å². The number of oxime groups is 1. The Balaban J connectivity index is 1.35. The highest BCUT2D eigenvalue weighted by Gasteiger charge is 2.53. The van der Waals surface area contributed by atoms with Crippen LogP contribution in [0, 0.1) is 0 Å². The molecule has 1 fully saturated rings. The fourth-order valence-corrected chi connectivity index (χ4v) is 6.50. The zero-order valence-corrected chi connectivity index (χ0v) is 26.0. The Kier molecular flexibility index (Phi) is 9.24. The fourth-order valence-electron chi connectivity index (χ4n) is 4.63. The number of nitrogens with two attached hydrogens (primary N) is 4. The molecule has 0 radical (unpaired) electrons. The number of hydrogen-bond donors (Lipinski definition) is 8. The number of thioether (sulfide) groups is 1. The van der Waals surface area contributed by atoms with Gasteiger partial charge in [0.25, 0.3) is 11.8 Å². The molecule has 3 atom stereocenters. The summed E-state index contributed by atoms with van der Waals surface area (Å²) < 4.78 is 1.48. The molecule has 12 N–H and O–H groups in total. The third-order valence-electron chi connectivity index (χ3n) is 7.05. The molecule has 2 amide bonds. The number of rotatable bonds is 11. The molecule has 0 saturated carbocycles. The predicted molar refractivity (Wildman–Crippen MR) is 168 cm³/mol. The van der Waals surface area contributed by atoms with Crippen LogP contribution in [-0.2, 0) is 30.6 Å². The number of nitrogen functional groups attached to an aromatic ring is 4. The zero-order chi connectivity index (χ0) is 34.9. The second-order valence-corrected chi connectivity index (χ2v) is 12.1. The van der Waals surface area contributed by atoms with Crippen molar-refractivity contribution in [1.29, 1.82) is 0 Å². The Bertz CT molecular complexity index is 1930. The summed E-state index contributed by atoms with van der Waals surface area (Å²) in [5, 5.41) is 48.0. The number of benzene rings is 1. The maximum Gasteiger partial charge on any atom is 0.352 e. The summed E-state index contributed by atoms with van der Waals surface area (Å²) in [6, 6.07) is 1.93.